The molecule has 142 heavy (non-hydrogen) atoms. The molecule has 0 spiro atoms. The zero-order valence-electron chi connectivity index (χ0n) is 83.5. The van der Waals surface area contributed by atoms with Gasteiger partial charge in [0.2, 0.25) is 0 Å². The number of aromatic nitrogens is 2. The highest BCUT2D eigenvalue weighted by Crippen LogP contribution is 2.23. The Bertz CT molecular complexity index is 4540. The first-order valence-corrected chi connectivity index (χ1v) is 60.9. The number of carbonyl (C=O) groups is 5. The molecular formula is C107H159BrF3I9N12O10. The summed E-state index contributed by atoms with van der Waals surface area (Å²) in [7, 11) is 6.32. The van der Waals surface area contributed by atoms with Gasteiger partial charge in [0.1, 0.15) is 70.8 Å². The molecule has 0 radical (unpaired) electrons. The molecule has 0 bridgehead atoms. The molecule has 22 nitrogen and oxygen atoms in total. The number of urea groups is 1. The highest BCUT2D eigenvalue weighted by atomic mass is 128. The number of hydrogen-bond acceptors (Lipinski definition) is 18. The molecule has 3 aliphatic heterocycles. The molecule has 12 rings (SSSR count). The van der Waals surface area contributed by atoms with Gasteiger partial charge in [-0.15, -0.1) is 24.0 Å². The normalized spacial score (nSPS) is 12.3. The van der Waals surface area contributed by atoms with E-state index in [1.165, 1.54) is 94.7 Å². The number of hydrogen-bond donors (Lipinski definition) is 6. The van der Waals surface area contributed by atoms with Crippen molar-refractivity contribution in [3.63, 3.8) is 0 Å². The highest BCUT2D eigenvalue weighted by Gasteiger charge is 2.27. The molecule has 35 heteroatoms. The van der Waals surface area contributed by atoms with Gasteiger partial charge in [0.05, 0.1) is 34.9 Å². The first-order valence-electron chi connectivity index (χ1n) is 45.9. The Labute approximate surface area is 982 Å². The number of nitriles is 1. The van der Waals surface area contributed by atoms with Gasteiger partial charge in [-0.3, -0.25) is 19.0 Å². The van der Waals surface area contributed by atoms with Crippen molar-refractivity contribution in [1.82, 2.24) is 45.1 Å². The van der Waals surface area contributed by atoms with Crippen LogP contribution < -0.4 is 46.4 Å². The number of nitrogens with zero attached hydrogens (tertiary/aromatic N) is 7. The predicted molar refractivity (Wildman–Crippen MR) is 670 cm³/mol. The number of Topliss-reactive ketones (excluding diaryl/α,β-unsaturated/α-hetero) is 1. The standard InChI is InChI=1S/C25H34FN3O2.C15H19N3O2.C13H19FN2.C11H17NO.C11H14O2.C7H8FN.C7H6O2.C6H11NO.C4H9Br.C2H3N.CHI3.CH2I2.CH3I.3CH4.I2.HI/c1-19(2)18-31-24-10-6-20(7-11-24)16-27-25(30)29(23-12-14-28(3)15-13-23)17-21-4-8-22(26)9-5-21;1-12(2)10-20-14-5-3-13(4-6-14)9-17-15(19)18-8-7-16-11-18;1-16-8-6-13(7-9-16)15-10-11-2-4-12(14)5-3-11;2*1-9(2)8-13-11-5-3-10(7-12)4-6-11;8-7-3-1-6(5-9)2-4-7;8-5-6-1-3-7(9)4-2-6;1-7-4-2-6(8)3-5-7;1-4(2)3-5;1-2-3;2-1(3)4;2-1-3;1-2;;;;1-2;/h4-11,19,23H,12-18H2,1-3H3,(H,27,30);3-8,11-12H,9-10H2,1-2H3,(H,17,19);2-5,13,15H,6-10H2,1H3;3-6,9H,7-8,12H2,1-2H3;3-7,9H,8H2,1-2H3;1-4H,5,9H2;1-5,9H;2-5H2,1H3;4H,3H2,1-2H3;1H3;1H;1H2;1H3;3*1H4;;1H/i;;;;;;;;;;;;1D;;;;;. The van der Waals surface area contributed by atoms with E-state index in [1.54, 1.807) is 67.0 Å². The van der Waals surface area contributed by atoms with E-state index in [2.05, 4.69) is 285 Å². The number of imidazole rings is 1. The number of aldehydes is 2. The molecule has 9 aromatic rings. The SMILES string of the molecule is C.C.C.CC#N.CC(C)CBr.CC(C)COc1ccc(C=O)cc1.CC(C)COc1ccc(CN)cc1.CC(C)COc1ccc(CNC(=O)N(Cc2ccc(F)cc2)C2CCN(C)CC2)cc1.CC(C)COc1ccc(CNC(=O)n2ccnc2)cc1.CN1CCC(=O)CC1.CN1CCC(NCc2ccc(F)cc2)CC1.I.IC(I)I.ICI.II.NCc1ccc(F)cc1.O=Cc1ccc(O)cc1.[2H]CI. The number of halogens is 13. The average Bonchev–Trinajstić information content (AvgIpc) is 0.871. The molecule has 0 saturated carbocycles. The monoisotopic (exact) mass is 3050 g/mol. The van der Waals surface area contributed by atoms with Crippen LogP contribution in [0.4, 0.5) is 22.8 Å². The molecule has 0 unspecified atom stereocenters. The minimum atomic E-state index is -0.264. The van der Waals surface area contributed by atoms with Crippen LogP contribution in [0.25, 0.3) is 0 Å². The van der Waals surface area contributed by atoms with Crippen LogP contribution in [0.15, 0.2) is 213 Å². The number of carbonyl (C=O) groups excluding carboxylic acids is 5. The van der Waals surface area contributed by atoms with Gasteiger partial charge in [-0.2, -0.15) is 5.26 Å². The Kier molecular flexibility index (Phi) is 99.3. The second-order valence-electron chi connectivity index (χ2n) is 33.3. The van der Waals surface area contributed by atoms with E-state index in [4.69, 9.17) is 42.2 Å². The van der Waals surface area contributed by atoms with E-state index in [1.807, 2.05) is 132 Å². The maximum Gasteiger partial charge on any atom is 0.327 e. The van der Waals surface area contributed by atoms with Crippen molar-refractivity contribution in [3.05, 3.63) is 275 Å². The summed E-state index contributed by atoms with van der Waals surface area (Å²) < 4.78 is 70.0. The van der Waals surface area contributed by atoms with Gasteiger partial charge in [-0.25, -0.2) is 27.7 Å². The van der Waals surface area contributed by atoms with Gasteiger partial charge in [-0.05, 0) is 262 Å². The van der Waals surface area contributed by atoms with Crippen LogP contribution in [0.2, 0.25) is 0 Å². The van der Waals surface area contributed by atoms with Gasteiger partial charge >= 0.3 is 12.1 Å². The van der Waals surface area contributed by atoms with Crippen molar-refractivity contribution in [2.75, 3.05) is 99.5 Å². The minimum absolute atomic E-state index is 0. The van der Waals surface area contributed by atoms with Crippen molar-refractivity contribution in [2.24, 2.45) is 41.1 Å². The summed E-state index contributed by atoms with van der Waals surface area (Å²) in [6.45, 7) is 35.1. The zero-order valence-corrected chi connectivity index (χ0v) is 104. The summed E-state index contributed by atoms with van der Waals surface area (Å²) in [4.78, 5) is 68.8. The number of rotatable bonds is 27. The number of amides is 3. The molecular weight excluding hydrogens is 2890 g/mol. The van der Waals surface area contributed by atoms with E-state index < -0.39 is 0 Å². The van der Waals surface area contributed by atoms with Crippen LogP contribution >= 0.6 is 213 Å². The third kappa shape index (κ3) is 81.7. The molecule has 0 aliphatic carbocycles. The second-order valence-corrected chi connectivity index (χ2v) is 49.3. The summed E-state index contributed by atoms with van der Waals surface area (Å²) in [5.74, 6) is 6.25. The Morgan fingerprint density at radius 2 is 0.824 bits per heavy atom. The highest BCUT2D eigenvalue weighted by molar-refractivity contribution is 15.0. The number of piperidine rings is 3. The molecule has 8 N–H and O–H groups in total. The number of ketones is 1. The fraction of sp³-hybridized carbons (Fsp3) is 0.467. The number of aromatic hydroxyl groups is 1. The van der Waals surface area contributed by atoms with E-state index >= 15 is 0 Å². The third-order valence-corrected chi connectivity index (χ3v) is 20.2. The first-order chi connectivity index (χ1) is 66.4. The predicted octanol–water partition coefficient (Wildman–Crippen LogP) is 29.1. The van der Waals surface area contributed by atoms with Crippen LogP contribution in [-0.2, 0) is 44.1 Å². The Balaban J connectivity index is -0.000000374. The molecule has 3 amide bonds. The van der Waals surface area contributed by atoms with Crippen LogP contribution in [0.3, 0.4) is 0 Å². The van der Waals surface area contributed by atoms with E-state index in [-0.39, 0.29) is 87.6 Å². The molecule has 798 valence electrons. The van der Waals surface area contributed by atoms with Crippen molar-refractivity contribution < 1.29 is 62.6 Å². The van der Waals surface area contributed by atoms with Crippen molar-refractivity contribution in [2.45, 2.75) is 188 Å². The van der Waals surface area contributed by atoms with Gasteiger partial charge in [-0.1, -0.05) is 316 Å². The number of phenols is 1. The number of likely N-dealkylation sites (tertiary alicyclic amines) is 3. The molecule has 1 aromatic heterocycles. The Morgan fingerprint density at radius 3 is 1.13 bits per heavy atom. The molecule has 3 aliphatic rings. The summed E-state index contributed by atoms with van der Waals surface area (Å²) in [6, 6.07) is 58.2. The lowest BCUT2D eigenvalue weighted by Gasteiger charge is -2.37. The van der Waals surface area contributed by atoms with Gasteiger partial charge in [0.15, 0.2) is 0 Å². The fourth-order valence-electron chi connectivity index (χ4n) is 11.3. The first kappa shape index (κ1) is 146. The van der Waals surface area contributed by atoms with E-state index in [9.17, 15) is 37.1 Å². The van der Waals surface area contributed by atoms with Gasteiger partial charge in [0, 0.05) is 152 Å². The molecule has 3 fully saturated rings. The van der Waals surface area contributed by atoms with Gasteiger partial charge in [0.25, 0.3) is 0 Å². The summed E-state index contributed by atoms with van der Waals surface area (Å²) in [5.41, 5.74) is 18.2. The number of ether oxygens (including phenoxy) is 4. The van der Waals surface area contributed by atoms with Gasteiger partial charge < -0.3 is 71.1 Å². The average molecular weight is 3050 g/mol. The summed E-state index contributed by atoms with van der Waals surface area (Å²) in [6.07, 6.45) is 12.0. The lowest BCUT2D eigenvalue weighted by atomic mass is 10.0. The zero-order chi connectivity index (χ0) is 105. The van der Waals surface area contributed by atoms with Crippen molar-refractivity contribution >= 4 is 243 Å². The number of nitrogens with one attached hydrogen (secondary N) is 3. The lowest BCUT2D eigenvalue weighted by molar-refractivity contribution is -0.121. The maximum absolute atomic E-state index is 13.3. The second kappa shape index (κ2) is 96.4. The topological polar surface area (TPSA) is 285 Å². The largest absolute Gasteiger partial charge is 0.508 e. The minimum Gasteiger partial charge on any atom is -0.508 e. The van der Waals surface area contributed by atoms with Crippen LogP contribution in [-0.4, -0.2) is 176 Å². The van der Waals surface area contributed by atoms with Crippen molar-refractivity contribution in [3.8, 4) is 34.8 Å². The van der Waals surface area contributed by atoms with Crippen LogP contribution in [0.5, 0.6) is 28.7 Å². The molecule has 0 atom stereocenters. The third-order valence-electron chi connectivity index (χ3n) is 18.9. The Morgan fingerprint density at radius 1 is 0.535 bits per heavy atom. The fourth-order valence-corrected chi connectivity index (χ4v) is 11.3. The Hall–Kier alpha value is -4.19. The number of phenolic OH excluding ortho intramolecular Hbond substituents is 1. The van der Waals surface area contributed by atoms with Crippen LogP contribution in [0, 0.1) is 58.4 Å². The van der Waals surface area contributed by atoms with E-state index in [0.717, 1.165) is 145 Å². The number of benzene rings is 8. The maximum atomic E-state index is 13.3. The smallest absolute Gasteiger partial charge is 0.327 e. The number of nitrogens with two attached hydrogens (primary N) is 2. The summed E-state index contributed by atoms with van der Waals surface area (Å²) in [5, 5.41) is 26.6. The lowest BCUT2D eigenvalue weighted by Crippen LogP contribution is -2.49. The van der Waals surface area contributed by atoms with Crippen molar-refractivity contribution in [1.29, 1.82) is 5.26 Å². The molecule has 8 aromatic carbocycles. The molecule has 4 heterocycles. The van der Waals surface area contributed by atoms with E-state index in [0.29, 0.717) is 104 Å². The quantitative estimate of drug-likeness (QED) is 0.0158. The number of alkyl halides is 7. The summed E-state index contributed by atoms with van der Waals surface area (Å²) >= 11 is 21.0. The molecule has 3 saturated heterocycles. The van der Waals surface area contributed by atoms with Crippen LogP contribution in [0.1, 0.15) is 192 Å².